The van der Waals surface area contributed by atoms with E-state index >= 15 is 0 Å². The first-order valence-corrected chi connectivity index (χ1v) is 13.8. The van der Waals surface area contributed by atoms with Crippen molar-refractivity contribution in [3.63, 3.8) is 0 Å². The Morgan fingerprint density at radius 2 is 1.47 bits per heavy atom. The molecule has 9 nitrogen and oxygen atoms in total. The number of anilines is 4. The fourth-order valence-corrected chi connectivity index (χ4v) is 5.64. The fraction of sp³-hybridized carbons (Fsp3) is 0.448. The number of nitrogens with one attached hydrogen (secondary N) is 1. The van der Waals surface area contributed by atoms with Crippen molar-refractivity contribution in [2.24, 2.45) is 5.73 Å². The highest BCUT2D eigenvalue weighted by atomic mass is 16.5. The minimum Gasteiger partial charge on any atom is -0.369 e. The molecule has 3 aliphatic rings. The Balaban J connectivity index is 1.20. The van der Waals surface area contributed by atoms with Gasteiger partial charge in [-0.2, -0.15) is 4.98 Å². The molecule has 0 amide bonds. The van der Waals surface area contributed by atoms with Gasteiger partial charge >= 0.3 is 0 Å². The van der Waals surface area contributed by atoms with Crippen molar-refractivity contribution in [1.82, 2.24) is 15.3 Å². The summed E-state index contributed by atoms with van der Waals surface area (Å²) in [4.78, 5) is 19.8. The quantitative estimate of drug-likeness (QED) is 0.514. The maximum atomic E-state index is 6.11. The van der Waals surface area contributed by atoms with Gasteiger partial charge in [-0.1, -0.05) is 36.4 Å². The molecule has 6 rings (SSSR count). The summed E-state index contributed by atoms with van der Waals surface area (Å²) in [7, 11) is 0. The molecule has 3 fully saturated rings. The molecule has 3 aliphatic heterocycles. The molecule has 0 aliphatic carbocycles. The van der Waals surface area contributed by atoms with Crippen LogP contribution in [0.15, 0.2) is 60.7 Å². The zero-order valence-electron chi connectivity index (χ0n) is 22.0. The molecule has 38 heavy (non-hydrogen) atoms. The van der Waals surface area contributed by atoms with Crippen LogP contribution in [-0.2, 0) is 11.3 Å². The van der Waals surface area contributed by atoms with Gasteiger partial charge in [-0.25, -0.2) is 4.98 Å². The minimum atomic E-state index is -0.0485. The van der Waals surface area contributed by atoms with Crippen LogP contribution in [0, 0.1) is 0 Å². The van der Waals surface area contributed by atoms with E-state index in [1.54, 1.807) is 0 Å². The number of morpholine rings is 1. The number of nitrogens with two attached hydrogens (primary N) is 1. The molecule has 9 heteroatoms. The van der Waals surface area contributed by atoms with E-state index in [1.807, 2.05) is 0 Å². The third kappa shape index (κ3) is 5.41. The van der Waals surface area contributed by atoms with E-state index in [1.165, 1.54) is 16.9 Å². The molecular formula is C29H38N8O. The highest BCUT2D eigenvalue weighted by Crippen LogP contribution is 2.28. The highest BCUT2D eigenvalue weighted by molar-refractivity contribution is 5.56. The molecule has 3 saturated heterocycles. The Kier molecular flexibility index (Phi) is 7.57. The summed E-state index contributed by atoms with van der Waals surface area (Å²) in [6.07, 6.45) is -0.0485. The van der Waals surface area contributed by atoms with Crippen LogP contribution in [0.5, 0.6) is 0 Å². The molecule has 1 aromatic heterocycles. The van der Waals surface area contributed by atoms with Crippen LogP contribution in [0.2, 0.25) is 0 Å². The lowest BCUT2D eigenvalue weighted by molar-refractivity contribution is 0.0250. The predicted octanol–water partition coefficient (Wildman–Crippen LogP) is 2.25. The summed E-state index contributed by atoms with van der Waals surface area (Å²) in [5, 5.41) is 3.45. The minimum absolute atomic E-state index is 0.0485. The molecule has 200 valence electrons. The average molecular weight is 515 g/mol. The molecule has 1 atom stereocenters. The Morgan fingerprint density at radius 1 is 0.789 bits per heavy atom. The van der Waals surface area contributed by atoms with Gasteiger partial charge in [-0.3, -0.25) is 0 Å². The predicted molar refractivity (Wildman–Crippen MR) is 153 cm³/mol. The van der Waals surface area contributed by atoms with Gasteiger partial charge in [0.05, 0.1) is 12.3 Å². The van der Waals surface area contributed by atoms with Crippen molar-refractivity contribution in [2.45, 2.75) is 12.6 Å². The zero-order chi connectivity index (χ0) is 25.7. The molecule has 0 bridgehead atoms. The zero-order valence-corrected chi connectivity index (χ0v) is 22.0. The molecular weight excluding hydrogens is 476 g/mol. The molecule has 0 saturated carbocycles. The second-order valence-corrected chi connectivity index (χ2v) is 10.1. The summed E-state index contributed by atoms with van der Waals surface area (Å²) in [5.74, 6) is 1.81. The van der Waals surface area contributed by atoms with Crippen molar-refractivity contribution >= 4 is 23.1 Å². The molecule has 0 radical (unpaired) electrons. The van der Waals surface area contributed by atoms with Crippen LogP contribution >= 0.6 is 0 Å². The van der Waals surface area contributed by atoms with Gasteiger partial charge in [0, 0.05) is 89.4 Å². The number of piperazine rings is 2. The van der Waals surface area contributed by atoms with Crippen LogP contribution in [-0.4, -0.2) is 82.0 Å². The molecule has 4 heterocycles. The Labute approximate surface area is 225 Å². The molecule has 0 spiro atoms. The van der Waals surface area contributed by atoms with Crippen molar-refractivity contribution < 1.29 is 4.74 Å². The van der Waals surface area contributed by atoms with E-state index in [4.69, 9.17) is 20.4 Å². The SMILES string of the molecule is NCc1ccccc1N1CCN(c2nc(C3CNCCO3)cc(N3CCN(c4ccccc4)CC3)n2)CC1. The largest absolute Gasteiger partial charge is 0.369 e. The van der Waals surface area contributed by atoms with E-state index < -0.39 is 0 Å². The monoisotopic (exact) mass is 514 g/mol. The second kappa shape index (κ2) is 11.6. The number of hydrogen-bond acceptors (Lipinski definition) is 9. The number of hydrogen-bond donors (Lipinski definition) is 2. The Morgan fingerprint density at radius 3 is 2.21 bits per heavy atom. The van der Waals surface area contributed by atoms with Crippen LogP contribution in [0.1, 0.15) is 17.4 Å². The van der Waals surface area contributed by atoms with Gasteiger partial charge < -0.3 is 35.4 Å². The lowest BCUT2D eigenvalue weighted by atomic mass is 10.1. The van der Waals surface area contributed by atoms with E-state index in [0.717, 1.165) is 82.9 Å². The fourth-order valence-electron chi connectivity index (χ4n) is 5.64. The highest BCUT2D eigenvalue weighted by Gasteiger charge is 2.26. The number of para-hydroxylation sites is 2. The van der Waals surface area contributed by atoms with Gasteiger partial charge in [0.1, 0.15) is 11.9 Å². The van der Waals surface area contributed by atoms with Gasteiger partial charge in [-0.15, -0.1) is 0 Å². The molecule has 2 aromatic carbocycles. The third-order valence-corrected chi connectivity index (χ3v) is 7.82. The lowest BCUT2D eigenvalue weighted by Crippen LogP contribution is -2.48. The van der Waals surface area contributed by atoms with E-state index in [9.17, 15) is 0 Å². The van der Waals surface area contributed by atoms with Gasteiger partial charge in [-0.05, 0) is 23.8 Å². The Hall–Kier alpha value is -3.40. The summed E-state index contributed by atoms with van der Waals surface area (Å²) in [5.41, 5.74) is 10.7. The maximum Gasteiger partial charge on any atom is 0.227 e. The van der Waals surface area contributed by atoms with Crippen molar-refractivity contribution in [3.8, 4) is 0 Å². The Bertz CT molecular complexity index is 1190. The summed E-state index contributed by atoms with van der Waals surface area (Å²) < 4.78 is 6.11. The van der Waals surface area contributed by atoms with Crippen LogP contribution in [0.25, 0.3) is 0 Å². The van der Waals surface area contributed by atoms with Crippen LogP contribution < -0.4 is 30.7 Å². The maximum absolute atomic E-state index is 6.11. The number of rotatable bonds is 6. The smallest absolute Gasteiger partial charge is 0.227 e. The van der Waals surface area contributed by atoms with E-state index in [0.29, 0.717) is 13.2 Å². The molecule has 3 N–H and O–H groups in total. The topological polar surface area (TPSA) is 86.0 Å². The summed E-state index contributed by atoms with van der Waals surface area (Å²) in [6, 6.07) is 21.3. The van der Waals surface area contributed by atoms with Crippen molar-refractivity contribution in [2.75, 3.05) is 91.7 Å². The lowest BCUT2D eigenvalue weighted by Gasteiger charge is -2.39. The number of ether oxygens (including phenoxy) is 1. The standard InChI is InChI=1S/C29H38N8O/c30-21-23-6-4-5-9-26(23)35-13-17-37(18-14-35)29-32-25(27-22-31-10-19-38-27)20-28(33-29)36-15-11-34(12-16-36)24-7-2-1-3-8-24/h1-9,20,27,31H,10-19,21-22,30H2. The van der Waals surface area contributed by atoms with Crippen molar-refractivity contribution in [3.05, 3.63) is 71.9 Å². The number of nitrogens with zero attached hydrogens (tertiary/aromatic N) is 6. The van der Waals surface area contributed by atoms with Crippen LogP contribution in [0.4, 0.5) is 23.1 Å². The van der Waals surface area contributed by atoms with Crippen molar-refractivity contribution in [1.29, 1.82) is 0 Å². The van der Waals surface area contributed by atoms with Gasteiger partial charge in [0.2, 0.25) is 5.95 Å². The average Bonchev–Trinajstić information content (AvgIpc) is 3.02. The summed E-state index contributed by atoms with van der Waals surface area (Å²) in [6.45, 7) is 10.3. The first kappa shape index (κ1) is 24.9. The first-order valence-electron chi connectivity index (χ1n) is 13.8. The number of benzene rings is 2. The van der Waals surface area contributed by atoms with Crippen LogP contribution in [0.3, 0.4) is 0 Å². The first-order chi connectivity index (χ1) is 18.8. The molecule has 3 aromatic rings. The van der Waals surface area contributed by atoms with E-state index in [-0.39, 0.29) is 6.10 Å². The third-order valence-electron chi connectivity index (χ3n) is 7.82. The molecule has 1 unspecified atom stereocenters. The summed E-state index contributed by atoms with van der Waals surface area (Å²) >= 11 is 0. The second-order valence-electron chi connectivity index (χ2n) is 10.1. The number of aromatic nitrogens is 2. The van der Waals surface area contributed by atoms with E-state index in [2.05, 4.69) is 85.6 Å². The van der Waals surface area contributed by atoms with Gasteiger partial charge in [0.15, 0.2) is 0 Å². The van der Waals surface area contributed by atoms with Gasteiger partial charge in [0.25, 0.3) is 0 Å². The normalized spacial score (nSPS) is 20.6.